The zero-order valence-corrected chi connectivity index (χ0v) is 20.4. The van der Waals surface area contributed by atoms with Crippen molar-refractivity contribution in [2.45, 2.75) is 84.5 Å². The highest BCUT2D eigenvalue weighted by atomic mass is 16.6. The minimum Gasteiger partial charge on any atom is -0.490 e. The van der Waals surface area contributed by atoms with Crippen molar-refractivity contribution in [3.8, 4) is 0 Å². The van der Waals surface area contributed by atoms with E-state index in [4.69, 9.17) is 18.9 Å². The molecule has 4 atom stereocenters. The summed E-state index contributed by atoms with van der Waals surface area (Å²) < 4.78 is 22.4. The predicted molar refractivity (Wildman–Crippen MR) is 118 cm³/mol. The highest BCUT2D eigenvalue weighted by molar-refractivity contribution is 5.89. The first-order chi connectivity index (χ1) is 15.3. The van der Waals surface area contributed by atoms with Crippen molar-refractivity contribution in [1.82, 2.24) is 0 Å². The number of hydrogen-bond acceptors (Lipinski definition) is 8. The van der Waals surface area contributed by atoms with Gasteiger partial charge >= 0.3 is 17.9 Å². The van der Waals surface area contributed by atoms with Crippen LogP contribution in [0.5, 0.6) is 0 Å². The lowest BCUT2D eigenvalue weighted by atomic mass is 9.72. The van der Waals surface area contributed by atoms with Crippen LogP contribution in [-0.4, -0.2) is 47.4 Å². The van der Waals surface area contributed by atoms with Crippen molar-refractivity contribution in [2.75, 3.05) is 7.11 Å². The summed E-state index contributed by atoms with van der Waals surface area (Å²) in [5, 5.41) is 11.6. The zero-order chi connectivity index (χ0) is 24.7. The van der Waals surface area contributed by atoms with Crippen LogP contribution in [0, 0.1) is 11.8 Å². The fourth-order valence-corrected chi connectivity index (χ4v) is 5.30. The Bertz CT molecular complexity index is 955. The topological polar surface area (TPSA) is 108 Å². The largest absolute Gasteiger partial charge is 0.490 e. The lowest BCUT2D eigenvalue weighted by molar-refractivity contribution is -0.167. The van der Waals surface area contributed by atoms with Crippen molar-refractivity contribution in [3.05, 3.63) is 34.3 Å². The van der Waals surface area contributed by atoms with Crippen molar-refractivity contribution in [2.24, 2.45) is 11.8 Å². The highest BCUT2D eigenvalue weighted by Gasteiger charge is 2.54. The number of allylic oxidation sites excluding steroid dienone is 2. The lowest BCUT2D eigenvalue weighted by Gasteiger charge is -2.43. The second kappa shape index (κ2) is 8.97. The van der Waals surface area contributed by atoms with E-state index in [1.54, 1.807) is 13.8 Å². The molecule has 0 unspecified atom stereocenters. The van der Waals surface area contributed by atoms with Crippen LogP contribution in [0.3, 0.4) is 0 Å². The Labute approximate surface area is 194 Å². The van der Waals surface area contributed by atoms with Crippen LogP contribution < -0.4 is 0 Å². The molecule has 0 aromatic carbocycles. The number of carbonyl (C=O) groups is 3. The molecule has 1 fully saturated rings. The summed E-state index contributed by atoms with van der Waals surface area (Å²) in [6, 6.07) is 0. The Morgan fingerprint density at radius 3 is 2.52 bits per heavy atom. The molecule has 3 aliphatic rings. The second-order valence-corrected chi connectivity index (χ2v) is 9.76. The first-order valence-corrected chi connectivity index (χ1v) is 11.3. The summed E-state index contributed by atoms with van der Waals surface area (Å²) in [7, 11) is 1.46. The lowest BCUT2D eigenvalue weighted by Crippen LogP contribution is -2.46. The maximum absolute atomic E-state index is 12.8. The molecule has 2 aliphatic heterocycles. The van der Waals surface area contributed by atoms with E-state index < -0.39 is 35.2 Å². The van der Waals surface area contributed by atoms with Crippen LogP contribution in [0.2, 0.25) is 0 Å². The van der Waals surface area contributed by atoms with Gasteiger partial charge in [-0.1, -0.05) is 19.9 Å². The minimum atomic E-state index is -1.80. The van der Waals surface area contributed by atoms with E-state index >= 15 is 0 Å². The quantitative estimate of drug-likeness (QED) is 0.386. The van der Waals surface area contributed by atoms with Gasteiger partial charge in [-0.05, 0) is 62.7 Å². The first kappa shape index (κ1) is 25.0. The Kier molecular flexibility index (Phi) is 6.80. The van der Waals surface area contributed by atoms with E-state index in [1.807, 2.05) is 26.8 Å². The van der Waals surface area contributed by atoms with Gasteiger partial charge in [-0.3, -0.25) is 9.59 Å². The van der Waals surface area contributed by atoms with Gasteiger partial charge in [0.15, 0.2) is 11.7 Å². The molecule has 1 N–H and O–H groups in total. The molecule has 1 aliphatic carbocycles. The average molecular weight is 463 g/mol. The van der Waals surface area contributed by atoms with Crippen LogP contribution in [0.15, 0.2) is 34.3 Å². The summed E-state index contributed by atoms with van der Waals surface area (Å²) in [5.74, 6) is -1.49. The molecule has 33 heavy (non-hydrogen) atoms. The molecule has 3 rings (SSSR count). The van der Waals surface area contributed by atoms with Gasteiger partial charge in [-0.15, -0.1) is 0 Å². The van der Waals surface area contributed by atoms with E-state index in [-0.39, 0.29) is 29.8 Å². The number of aliphatic hydroxyl groups is 1. The molecular weight excluding hydrogens is 428 g/mol. The normalized spacial score (nSPS) is 36.7. The highest BCUT2D eigenvalue weighted by Crippen LogP contribution is 2.47. The molecule has 8 nitrogen and oxygen atoms in total. The van der Waals surface area contributed by atoms with Crippen LogP contribution in [0.4, 0.5) is 0 Å². The summed E-state index contributed by atoms with van der Waals surface area (Å²) in [4.78, 5) is 37.0. The first-order valence-electron chi connectivity index (χ1n) is 11.3. The van der Waals surface area contributed by atoms with Crippen molar-refractivity contribution in [1.29, 1.82) is 0 Å². The Morgan fingerprint density at radius 1 is 1.27 bits per heavy atom. The fourth-order valence-electron chi connectivity index (χ4n) is 5.30. The van der Waals surface area contributed by atoms with Crippen molar-refractivity contribution in [3.63, 3.8) is 0 Å². The monoisotopic (exact) mass is 462 g/mol. The SMILES string of the molecule is COC1=C(C(C)C)[C@H]2C/C=C(/C)[C@@H](OC(C)=O)[C@@]3(O)CC(=O)O/C3=C(\C)CC[C@]2(C)OC1=O. The van der Waals surface area contributed by atoms with Gasteiger partial charge in [0.2, 0.25) is 5.76 Å². The molecule has 0 aromatic heterocycles. The third kappa shape index (κ3) is 4.45. The number of carbonyl (C=O) groups excluding carboxylic acids is 3. The van der Waals surface area contributed by atoms with Gasteiger partial charge < -0.3 is 24.1 Å². The molecule has 2 heterocycles. The number of esters is 3. The molecule has 182 valence electrons. The number of ether oxygens (including phenoxy) is 4. The smallest absolute Gasteiger partial charge is 0.374 e. The summed E-state index contributed by atoms with van der Waals surface area (Å²) in [5.41, 5.74) is -0.550. The van der Waals surface area contributed by atoms with E-state index in [9.17, 15) is 19.5 Å². The molecule has 0 saturated carbocycles. The number of hydrogen-bond donors (Lipinski definition) is 1. The average Bonchev–Trinajstić information content (AvgIpc) is 3.02. The molecule has 0 amide bonds. The van der Waals surface area contributed by atoms with Crippen LogP contribution in [0.1, 0.15) is 67.2 Å². The van der Waals surface area contributed by atoms with Gasteiger partial charge in [-0.25, -0.2) is 4.79 Å². The predicted octanol–water partition coefficient (Wildman–Crippen LogP) is 3.49. The summed E-state index contributed by atoms with van der Waals surface area (Å²) >= 11 is 0. The van der Waals surface area contributed by atoms with Crippen LogP contribution in [0.25, 0.3) is 0 Å². The Balaban J connectivity index is 2.20. The molecule has 0 bridgehead atoms. The van der Waals surface area contributed by atoms with Gasteiger partial charge in [-0.2, -0.15) is 0 Å². The Hall–Kier alpha value is -2.61. The van der Waals surface area contributed by atoms with E-state index in [0.717, 1.165) is 5.57 Å². The molecular formula is C25H34O8. The molecule has 0 radical (unpaired) electrons. The summed E-state index contributed by atoms with van der Waals surface area (Å²) in [6.45, 7) is 10.7. The molecule has 8 heteroatoms. The van der Waals surface area contributed by atoms with E-state index in [2.05, 4.69) is 0 Å². The number of methoxy groups -OCH3 is 1. The zero-order valence-electron chi connectivity index (χ0n) is 20.4. The molecule has 0 aromatic rings. The van der Waals surface area contributed by atoms with Gasteiger partial charge in [0.25, 0.3) is 0 Å². The third-order valence-electron chi connectivity index (χ3n) is 6.93. The minimum absolute atomic E-state index is 0.0317. The van der Waals surface area contributed by atoms with Gasteiger partial charge in [0, 0.05) is 12.8 Å². The van der Waals surface area contributed by atoms with E-state index in [0.29, 0.717) is 30.4 Å². The van der Waals surface area contributed by atoms with Crippen LogP contribution in [-0.2, 0) is 33.3 Å². The van der Waals surface area contributed by atoms with Gasteiger partial charge in [0.05, 0.1) is 13.5 Å². The van der Waals surface area contributed by atoms with Crippen LogP contribution >= 0.6 is 0 Å². The van der Waals surface area contributed by atoms with Crippen molar-refractivity contribution >= 4 is 17.9 Å². The maximum atomic E-state index is 12.8. The molecule has 0 spiro atoms. The standard InChI is InChI=1S/C25H34O8/c1-13(2)19-17-9-8-14(3)21(31-16(5)26)25(29)12-18(27)32-22(25)15(4)10-11-24(17,6)33-23(28)20(19)30-7/h8,13,17,21,29H,9-12H2,1-7H3/b14-8-,22-15+/t17-,21-,24+,25+/m1/s1. The summed E-state index contributed by atoms with van der Waals surface area (Å²) in [6.07, 6.45) is 1.80. The Morgan fingerprint density at radius 2 is 1.94 bits per heavy atom. The molecule has 1 saturated heterocycles. The third-order valence-corrected chi connectivity index (χ3v) is 6.93. The maximum Gasteiger partial charge on any atom is 0.374 e. The van der Waals surface area contributed by atoms with Crippen molar-refractivity contribution < 1.29 is 38.4 Å². The fraction of sp³-hybridized carbons (Fsp3) is 0.640. The number of rotatable bonds is 3. The number of fused-ring (bicyclic) bond motifs is 2. The van der Waals surface area contributed by atoms with E-state index in [1.165, 1.54) is 14.0 Å². The van der Waals surface area contributed by atoms with Gasteiger partial charge in [0.1, 0.15) is 11.4 Å². The second-order valence-electron chi connectivity index (χ2n) is 9.76.